The molecule has 0 unspecified atom stereocenters. The molecule has 8 heteroatoms. The van der Waals surface area contributed by atoms with Gasteiger partial charge < -0.3 is 14.0 Å². The molecule has 0 fully saturated rings. The summed E-state index contributed by atoms with van der Waals surface area (Å²) in [6.07, 6.45) is 6.27. The van der Waals surface area contributed by atoms with Gasteiger partial charge in [-0.1, -0.05) is 116 Å². The van der Waals surface area contributed by atoms with E-state index in [-0.39, 0.29) is 11.5 Å². The zero-order valence-electron chi connectivity index (χ0n) is 29.6. The second kappa shape index (κ2) is 12.2. The molecule has 258 valence electrons. The summed E-state index contributed by atoms with van der Waals surface area (Å²) < 4.78 is 4.76. The summed E-state index contributed by atoms with van der Waals surface area (Å²) in [5.41, 5.74) is 8.98. The SMILES string of the molecule is [C-]#[N+]c1cnc(-c2cc(-n3c4ccccc4c4ccc5ccccc5c43)c(-n3c4ccccc4c4ccc5ccccc5c43)cc2-c2cnc(C#N)cn2)cn1. The lowest BCUT2D eigenvalue weighted by atomic mass is 9.98. The van der Waals surface area contributed by atoms with Crippen molar-refractivity contribution < 1.29 is 0 Å². The molecule has 0 amide bonds. The van der Waals surface area contributed by atoms with E-state index in [0.717, 1.165) is 87.7 Å². The fraction of sp³-hybridized carbons (Fsp3) is 0. The fourth-order valence-corrected chi connectivity index (χ4v) is 8.36. The second-order valence-electron chi connectivity index (χ2n) is 13.7. The minimum Gasteiger partial charge on any atom is -0.359 e. The number of hydrogen-bond donors (Lipinski definition) is 0. The van der Waals surface area contributed by atoms with Gasteiger partial charge in [-0.3, -0.25) is 9.97 Å². The van der Waals surface area contributed by atoms with Gasteiger partial charge in [0.1, 0.15) is 18.0 Å². The number of nitrogens with zero attached hydrogens (tertiary/aromatic N) is 8. The van der Waals surface area contributed by atoms with E-state index in [1.54, 1.807) is 12.4 Å². The summed E-state index contributed by atoms with van der Waals surface area (Å²) in [6, 6.07) is 49.4. The Hall–Kier alpha value is -8.20. The minimum absolute atomic E-state index is 0.205. The monoisotopic (exact) mass is 714 g/mol. The van der Waals surface area contributed by atoms with E-state index >= 15 is 0 Å². The normalized spacial score (nSPS) is 11.5. The van der Waals surface area contributed by atoms with Crippen molar-refractivity contribution in [2.24, 2.45) is 0 Å². The summed E-state index contributed by atoms with van der Waals surface area (Å²) >= 11 is 0. The molecular weight excluding hydrogens is 689 g/mol. The Morgan fingerprint density at radius 3 is 1.43 bits per heavy atom. The quantitative estimate of drug-likeness (QED) is 0.169. The summed E-state index contributed by atoms with van der Waals surface area (Å²) in [5, 5.41) is 18.7. The molecule has 0 radical (unpaired) electrons. The van der Waals surface area contributed by atoms with E-state index in [4.69, 9.17) is 16.5 Å². The maximum atomic E-state index is 9.63. The Bertz CT molecular complexity index is 3260. The van der Waals surface area contributed by atoms with Gasteiger partial charge in [-0.05, 0) is 35.0 Å². The van der Waals surface area contributed by atoms with E-state index in [9.17, 15) is 5.26 Å². The van der Waals surface area contributed by atoms with Gasteiger partial charge in [-0.25, -0.2) is 4.98 Å². The highest BCUT2D eigenvalue weighted by Crippen LogP contribution is 2.45. The molecule has 4 aromatic heterocycles. The highest BCUT2D eigenvalue weighted by molar-refractivity contribution is 6.21. The molecule has 11 aromatic rings. The van der Waals surface area contributed by atoms with E-state index in [1.165, 1.54) is 12.4 Å². The van der Waals surface area contributed by atoms with Crippen LogP contribution in [-0.2, 0) is 0 Å². The third kappa shape index (κ3) is 4.57. The average molecular weight is 715 g/mol. The zero-order chi connectivity index (χ0) is 37.3. The zero-order valence-corrected chi connectivity index (χ0v) is 29.6. The number of hydrogen-bond acceptors (Lipinski definition) is 5. The van der Waals surface area contributed by atoms with Crippen LogP contribution in [0.3, 0.4) is 0 Å². The first kappa shape index (κ1) is 31.3. The summed E-state index contributed by atoms with van der Waals surface area (Å²) in [4.78, 5) is 22.0. The van der Waals surface area contributed by atoms with E-state index in [0.29, 0.717) is 11.4 Å². The Morgan fingerprint density at radius 2 is 0.964 bits per heavy atom. The lowest BCUT2D eigenvalue weighted by molar-refractivity contribution is 1.09. The predicted octanol–water partition coefficient (Wildman–Crippen LogP) is 11.5. The summed E-state index contributed by atoms with van der Waals surface area (Å²) in [6.45, 7) is 7.55. The summed E-state index contributed by atoms with van der Waals surface area (Å²) in [5.74, 6) is 0.205. The van der Waals surface area contributed by atoms with Crippen LogP contribution < -0.4 is 0 Å². The van der Waals surface area contributed by atoms with Gasteiger partial charge in [-0.15, -0.1) is 4.98 Å². The first-order valence-electron chi connectivity index (χ1n) is 18.1. The van der Waals surface area contributed by atoms with Crippen molar-refractivity contribution in [3.8, 4) is 40.0 Å². The Morgan fingerprint density at radius 1 is 0.482 bits per heavy atom. The van der Waals surface area contributed by atoms with Crippen LogP contribution in [0.5, 0.6) is 0 Å². The second-order valence-corrected chi connectivity index (χ2v) is 13.7. The maximum Gasteiger partial charge on any atom is 0.287 e. The fourth-order valence-electron chi connectivity index (χ4n) is 8.36. The number of aromatic nitrogens is 6. The third-order valence-corrected chi connectivity index (χ3v) is 10.8. The van der Waals surface area contributed by atoms with Crippen molar-refractivity contribution >= 4 is 71.0 Å². The number of para-hydroxylation sites is 2. The highest BCUT2D eigenvalue weighted by Gasteiger charge is 2.25. The van der Waals surface area contributed by atoms with Crippen LogP contribution in [0.2, 0.25) is 0 Å². The van der Waals surface area contributed by atoms with Gasteiger partial charge >= 0.3 is 0 Å². The number of fused-ring (bicyclic) bond motifs is 10. The standard InChI is InChI=1S/C48H26N8/c1-50-46-28-53-41(27-54-46)39-23-45(56-43-17-9-7-15-35(43)37-21-19-30-11-3-5-13-33(30)48(37)56)44(22-38(39)40-26-51-31(24-49)25-52-40)55-42-16-8-6-14-34(42)36-20-18-29-10-2-4-12-32(29)47(36)55/h2-23,25-28H. The minimum atomic E-state index is 0.205. The molecule has 8 nitrogen and oxygen atoms in total. The van der Waals surface area contributed by atoms with Gasteiger partial charge in [0.15, 0.2) is 5.69 Å². The van der Waals surface area contributed by atoms with Crippen LogP contribution in [0, 0.1) is 17.9 Å². The first-order valence-corrected chi connectivity index (χ1v) is 18.1. The Balaban J connectivity index is 1.39. The molecule has 0 aliphatic carbocycles. The number of rotatable bonds is 4. The van der Waals surface area contributed by atoms with Gasteiger partial charge in [-0.2, -0.15) is 5.26 Å². The first-order chi connectivity index (χ1) is 27.7. The van der Waals surface area contributed by atoms with Crippen molar-refractivity contribution in [2.45, 2.75) is 0 Å². The molecule has 0 aliphatic heterocycles. The topological polar surface area (TPSA) is 89.6 Å². The van der Waals surface area contributed by atoms with Crippen LogP contribution in [0.25, 0.3) is 104 Å². The largest absolute Gasteiger partial charge is 0.359 e. The smallest absolute Gasteiger partial charge is 0.287 e. The molecule has 0 saturated heterocycles. The molecule has 0 N–H and O–H groups in total. The lowest BCUT2D eigenvalue weighted by Crippen LogP contribution is -2.06. The molecule has 56 heavy (non-hydrogen) atoms. The lowest BCUT2D eigenvalue weighted by Gasteiger charge is -2.21. The number of benzene rings is 7. The average Bonchev–Trinajstić information content (AvgIpc) is 3.79. The van der Waals surface area contributed by atoms with Gasteiger partial charge in [0.25, 0.3) is 5.82 Å². The van der Waals surface area contributed by atoms with Crippen LogP contribution in [-0.4, -0.2) is 29.1 Å². The van der Waals surface area contributed by atoms with Gasteiger partial charge in [0.05, 0.1) is 57.7 Å². The maximum absolute atomic E-state index is 9.63. The van der Waals surface area contributed by atoms with Crippen molar-refractivity contribution in [3.05, 3.63) is 175 Å². The van der Waals surface area contributed by atoms with Crippen molar-refractivity contribution in [2.75, 3.05) is 0 Å². The molecule has 0 spiro atoms. The van der Waals surface area contributed by atoms with E-state index < -0.39 is 0 Å². The Labute approximate surface area is 319 Å². The van der Waals surface area contributed by atoms with E-state index in [1.807, 2.05) is 0 Å². The van der Waals surface area contributed by atoms with E-state index in [2.05, 4.69) is 163 Å². The van der Waals surface area contributed by atoms with Crippen LogP contribution >= 0.6 is 0 Å². The Kier molecular flexibility index (Phi) is 6.81. The van der Waals surface area contributed by atoms with Crippen molar-refractivity contribution in [1.82, 2.24) is 29.1 Å². The molecule has 0 atom stereocenters. The molecule has 0 saturated carbocycles. The van der Waals surface area contributed by atoms with Crippen LogP contribution in [0.1, 0.15) is 5.69 Å². The molecule has 4 heterocycles. The molecule has 11 rings (SSSR count). The van der Waals surface area contributed by atoms with Crippen molar-refractivity contribution in [3.63, 3.8) is 0 Å². The molecular formula is C48H26N8. The van der Waals surface area contributed by atoms with Crippen LogP contribution in [0.15, 0.2) is 158 Å². The highest BCUT2D eigenvalue weighted by atomic mass is 15.1. The predicted molar refractivity (Wildman–Crippen MR) is 223 cm³/mol. The molecule has 0 aliphatic rings. The van der Waals surface area contributed by atoms with Crippen LogP contribution in [0.4, 0.5) is 5.82 Å². The summed E-state index contributed by atoms with van der Waals surface area (Å²) in [7, 11) is 0. The molecule has 0 bridgehead atoms. The number of nitriles is 1. The molecule has 7 aromatic carbocycles. The van der Waals surface area contributed by atoms with Crippen molar-refractivity contribution in [1.29, 1.82) is 5.26 Å². The van der Waals surface area contributed by atoms with Gasteiger partial charge in [0, 0.05) is 43.4 Å². The third-order valence-electron chi connectivity index (χ3n) is 10.8. The van der Waals surface area contributed by atoms with Gasteiger partial charge in [0.2, 0.25) is 0 Å².